The van der Waals surface area contributed by atoms with Gasteiger partial charge in [-0.3, -0.25) is 4.79 Å². The molecule has 2 rings (SSSR count). The molecule has 0 radical (unpaired) electrons. The number of rotatable bonds is 12. The van der Waals surface area contributed by atoms with Crippen molar-refractivity contribution >= 4 is 23.3 Å². The fourth-order valence-corrected chi connectivity index (χ4v) is 3.90. The Hall–Kier alpha value is -3.64. The molecule has 1 amide bonds. The molecule has 2 unspecified atom stereocenters. The van der Waals surface area contributed by atoms with Gasteiger partial charge in [0, 0.05) is 0 Å². The normalized spacial score (nSPS) is 13.5. The van der Waals surface area contributed by atoms with Gasteiger partial charge >= 0.3 is 12.1 Å². The van der Waals surface area contributed by atoms with Gasteiger partial charge in [0.15, 0.2) is 23.3 Å². The molecule has 0 fully saturated rings. The number of oxime groups is 1. The van der Waals surface area contributed by atoms with Crippen LogP contribution in [0.2, 0.25) is 0 Å². The maximum atomic E-state index is 14.2. The molecule has 0 saturated heterocycles. The van der Waals surface area contributed by atoms with Gasteiger partial charge in [0.25, 0.3) is 5.91 Å². The van der Waals surface area contributed by atoms with E-state index in [1.54, 1.807) is 24.3 Å². The van der Waals surface area contributed by atoms with E-state index >= 15 is 0 Å². The predicted octanol–water partition coefficient (Wildman–Crippen LogP) is 7.52. The summed E-state index contributed by atoms with van der Waals surface area (Å²) in [6, 6.07) is 6.82. The van der Waals surface area contributed by atoms with Gasteiger partial charge in [-0.2, -0.15) is 13.2 Å². The number of nitrogens with zero attached hydrogens (tertiary/aromatic N) is 1. The molecule has 0 aliphatic carbocycles. The molecule has 6 nitrogen and oxygen atoms in total. The maximum absolute atomic E-state index is 14.2. The lowest BCUT2D eigenvalue weighted by atomic mass is 9.89. The van der Waals surface area contributed by atoms with E-state index in [-0.39, 0.29) is 5.92 Å². The number of anilines is 1. The lowest BCUT2D eigenvalue weighted by molar-refractivity contribution is -0.143. The molecule has 0 bridgehead atoms. The topological polar surface area (TPSA) is 77.0 Å². The number of hydrogen-bond donors (Lipinski definition) is 1. The minimum absolute atomic E-state index is 0.0285. The summed E-state index contributed by atoms with van der Waals surface area (Å²) < 4.78 is 99.1. The summed E-state index contributed by atoms with van der Waals surface area (Å²) in [5, 5.41) is 5.21. The van der Waals surface area contributed by atoms with E-state index in [1.807, 2.05) is 13.8 Å². The zero-order valence-corrected chi connectivity index (χ0v) is 22.2. The van der Waals surface area contributed by atoms with Crippen LogP contribution in [0.3, 0.4) is 0 Å². The summed E-state index contributed by atoms with van der Waals surface area (Å²) >= 11 is 0. The fraction of sp³-hybridized carbons (Fsp3) is 0.444. The molecule has 0 aliphatic heterocycles. The first-order valence-electron chi connectivity index (χ1n) is 12.4. The Morgan fingerprint density at radius 3 is 2.02 bits per heavy atom. The number of unbranched alkanes of at least 4 members (excludes halogenated alkanes) is 1. The fourth-order valence-electron chi connectivity index (χ4n) is 3.90. The first-order chi connectivity index (χ1) is 18.8. The van der Waals surface area contributed by atoms with Crippen LogP contribution < -0.4 is 5.32 Å². The zero-order chi connectivity index (χ0) is 30.2. The van der Waals surface area contributed by atoms with Gasteiger partial charge in [0.2, 0.25) is 0 Å². The van der Waals surface area contributed by atoms with Crippen molar-refractivity contribution in [2.45, 2.75) is 71.1 Å². The second-order valence-electron chi connectivity index (χ2n) is 8.96. The largest absolute Gasteiger partial charge is 0.465 e. The van der Waals surface area contributed by atoms with Gasteiger partial charge in [-0.05, 0) is 56.2 Å². The SMILES string of the molecule is CCCCC(CC(CC)c1ccc(C(=O)OC)cc1)O/N=C(\C)C(=O)Nc1c(F)c(F)c(C(F)(F)F)c(F)c1F. The molecule has 2 atom stereocenters. The van der Waals surface area contributed by atoms with Crippen LogP contribution in [-0.2, 0) is 20.5 Å². The third-order valence-electron chi connectivity index (χ3n) is 6.18. The van der Waals surface area contributed by atoms with E-state index in [9.17, 15) is 40.3 Å². The van der Waals surface area contributed by atoms with Gasteiger partial charge in [0.1, 0.15) is 23.1 Å². The van der Waals surface area contributed by atoms with Gasteiger partial charge in [-0.15, -0.1) is 0 Å². The number of amides is 1. The standard InChI is InChI=1S/C27H29F7N2O4/c1-5-7-8-18(13-15(6-2)16-9-11-17(12-10-16)26(38)39-4)40-36-14(3)25(37)35-24-22(30)20(28)19(27(32,33)34)21(29)23(24)31/h9-12,15,18H,5-8,13H2,1-4H3,(H,35,37)/b36-14+. The van der Waals surface area contributed by atoms with Crippen molar-refractivity contribution in [3.63, 3.8) is 0 Å². The second-order valence-corrected chi connectivity index (χ2v) is 8.96. The van der Waals surface area contributed by atoms with Crippen LogP contribution >= 0.6 is 0 Å². The van der Waals surface area contributed by atoms with E-state index in [0.29, 0.717) is 24.8 Å². The molecule has 0 aliphatic rings. The van der Waals surface area contributed by atoms with Crippen LogP contribution in [0.4, 0.5) is 36.4 Å². The highest BCUT2D eigenvalue weighted by atomic mass is 19.4. The van der Waals surface area contributed by atoms with Gasteiger partial charge in [-0.1, -0.05) is 37.6 Å². The van der Waals surface area contributed by atoms with E-state index in [4.69, 9.17) is 9.57 Å². The molecule has 2 aromatic rings. The van der Waals surface area contributed by atoms with Gasteiger partial charge in [-0.25, -0.2) is 22.4 Å². The minimum Gasteiger partial charge on any atom is -0.465 e. The Labute approximate surface area is 226 Å². The van der Waals surface area contributed by atoms with E-state index in [0.717, 1.165) is 25.3 Å². The molecular weight excluding hydrogens is 549 g/mol. The Bertz CT molecular complexity index is 1200. The number of halogens is 7. The Kier molecular flexibility index (Phi) is 11.5. The number of hydrogen-bond acceptors (Lipinski definition) is 5. The smallest absolute Gasteiger partial charge is 0.422 e. The van der Waals surface area contributed by atoms with Crippen molar-refractivity contribution in [1.82, 2.24) is 0 Å². The average Bonchev–Trinajstić information content (AvgIpc) is 2.92. The molecule has 0 saturated carbocycles. The minimum atomic E-state index is -5.71. The molecule has 0 heterocycles. The molecule has 2 aromatic carbocycles. The average molecular weight is 579 g/mol. The number of esters is 1. The zero-order valence-electron chi connectivity index (χ0n) is 22.2. The van der Waals surface area contributed by atoms with Crippen molar-refractivity contribution in [3.8, 4) is 0 Å². The lowest BCUT2D eigenvalue weighted by Crippen LogP contribution is -2.25. The van der Waals surface area contributed by atoms with E-state index in [2.05, 4.69) is 5.16 Å². The predicted molar refractivity (Wildman–Crippen MR) is 133 cm³/mol. The molecule has 0 aromatic heterocycles. The van der Waals surface area contributed by atoms with Crippen LogP contribution in [0.15, 0.2) is 29.4 Å². The molecule has 40 heavy (non-hydrogen) atoms. The lowest BCUT2D eigenvalue weighted by Gasteiger charge is -2.22. The summed E-state index contributed by atoms with van der Waals surface area (Å²) in [6.07, 6.45) is -2.99. The van der Waals surface area contributed by atoms with Crippen LogP contribution in [0, 0.1) is 23.3 Å². The Morgan fingerprint density at radius 2 is 1.55 bits per heavy atom. The maximum Gasteiger partial charge on any atom is 0.422 e. The molecular formula is C27H29F7N2O4. The summed E-state index contributed by atoms with van der Waals surface area (Å²) in [4.78, 5) is 29.6. The summed E-state index contributed by atoms with van der Waals surface area (Å²) in [6.45, 7) is 4.98. The van der Waals surface area contributed by atoms with E-state index in [1.165, 1.54) is 12.4 Å². The first-order valence-corrected chi connectivity index (χ1v) is 12.4. The number of carbonyl (C=O) groups excluding carboxylic acids is 2. The molecule has 1 N–H and O–H groups in total. The van der Waals surface area contributed by atoms with Gasteiger partial charge < -0.3 is 14.9 Å². The number of nitrogens with one attached hydrogen (secondary N) is 1. The molecule has 0 spiro atoms. The first kappa shape index (κ1) is 32.6. The molecule has 13 heteroatoms. The number of ether oxygens (including phenoxy) is 1. The van der Waals surface area contributed by atoms with Crippen LogP contribution in [0.5, 0.6) is 0 Å². The van der Waals surface area contributed by atoms with Crippen LogP contribution in [0.1, 0.15) is 80.3 Å². The summed E-state index contributed by atoms with van der Waals surface area (Å²) in [7, 11) is 1.27. The Balaban J connectivity index is 2.21. The van der Waals surface area contributed by atoms with Crippen LogP contribution in [-0.4, -0.2) is 30.8 Å². The second kappa shape index (κ2) is 14.1. The third kappa shape index (κ3) is 7.95. The molecule has 220 valence electrons. The van der Waals surface area contributed by atoms with Crippen molar-refractivity contribution in [2.24, 2.45) is 5.16 Å². The number of methoxy groups -OCH3 is 1. The summed E-state index contributed by atoms with van der Waals surface area (Å²) in [5.41, 5.74) is -3.69. The van der Waals surface area contributed by atoms with Crippen molar-refractivity contribution in [2.75, 3.05) is 12.4 Å². The van der Waals surface area contributed by atoms with E-state index < -0.39 is 64.4 Å². The highest BCUT2D eigenvalue weighted by Crippen LogP contribution is 2.38. The van der Waals surface area contributed by atoms with Crippen molar-refractivity contribution in [1.29, 1.82) is 0 Å². The highest BCUT2D eigenvalue weighted by molar-refractivity contribution is 6.42. The highest BCUT2D eigenvalue weighted by Gasteiger charge is 2.42. The van der Waals surface area contributed by atoms with Crippen molar-refractivity contribution < 1.29 is 49.9 Å². The quantitative estimate of drug-likeness (QED) is 0.0929. The number of carbonyl (C=O) groups is 2. The van der Waals surface area contributed by atoms with Crippen molar-refractivity contribution in [3.05, 3.63) is 64.2 Å². The Morgan fingerprint density at radius 1 is 0.975 bits per heavy atom. The van der Waals surface area contributed by atoms with Crippen LogP contribution in [0.25, 0.3) is 0 Å². The monoisotopic (exact) mass is 578 g/mol. The number of alkyl halides is 3. The van der Waals surface area contributed by atoms with Gasteiger partial charge in [0.05, 0.1) is 12.7 Å². The summed E-state index contributed by atoms with van der Waals surface area (Å²) in [5.74, 6) is -12.1. The number of benzene rings is 2. The third-order valence-corrected chi connectivity index (χ3v) is 6.18.